The Balaban J connectivity index is 2.45. The van der Waals surface area contributed by atoms with Gasteiger partial charge in [0.2, 0.25) is 0 Å². The molecule has 0 saturated heterocycles. The van der Waals surface area contributed by atoms with Crippen LogP contribution in [-0.4, -0.2) is 46.3 Å². The summed E-state index contributed by atoms with van der Waals surface area (Å²) in [4.78, 5) is 11.9. The van der Waals surface area contributed by atoms with Gasteiger partial charge in [0.25, 0.3) is 8.32 Å². The van der Waals surface area contributed by atoms with Crippen LogP contribution in [0, 0.1) is 5.92 Å². The lowest BCUT2D eigenvalue weighted by Crippen LogP contribution is -2.67. The molecule has 2 atom stereocenters. The topological polar surface area (TPSA) is 44.8 Å². The zero-order valence-corrected chi connectivity index (χ0v) is 21.4. The largest absolute Gasteiger partial charge is 0.469 e. The van der Waals surface area contributed by atoms with Crippen molar-refractivity contribution in [3.63, 3.8) is 0 Å². The van der Waals surface area contributed by atoms with E-state index in [4.69, 9.17) is 13.9 Å². The first kappa shape index (κ1) is 25.7. The van der Waals surface area contributed by atoms with Crippen molar-refractivity contribution < 1.29 is 18.7 Å². The Kier molecular flexibility index (Phi) is 9.81. The van der Waals surface area contributed by atoms with Crippen molar-refractivity contribution in [3.05, 3.63) is 60.7 Å². The molecule has 0 bridgehead atoms. The summed E-state index contributed by atoms with van der Waals surface area (Å²) in [5.74, 6) is 0.314. The highest BCUT2D eigenvalue weighted by Crippen LogP contribution is 2.37. The molecule has 0 heterocycles. The molecule has 0 aliphatic heterocycles. The van der Waals surface area contributed by atoms with E-state index in [0.717, 1.165) is 0 Å². The van der Waals surface area contributed by atoms with E-state index in [2.05, 4.69) is 69.3 Å². The molecule has 170 valence electrons. The number of ether oxygens (including phenoxy) is 2. The molecule has 0 aliphatic rings. The van der Waals surface area contributed by atoms with Crippen LogP contribution in [0.3, 0.4) is 0 Å². The van der Waals surface area contributed by atoms with Crippen molar-refractivity contribution in [1.29, 1.82) is 0 Å². The monoisotopic (exact) mass is 460 g/mol. The second-order valence-corrected chi connectivity index (χ2v) is 14.0. The van der Waals surface area contributed by atoms with E-state index >= 15 is 0 Å². The van der Waals surface area contributed by atoms with Crippen molar-refractivity contribution >= 4 is 36.4 Å². The lowest BCUT2D eigenvalue weighted by atomic mass is 10.0. The third-order valence-corrected chi connectivity index (χ3v) is 11.0. The van der Waals surface area contributed by atoms with E-state index in [1.165, 1.54) is 17.5 Å². The molecule has 4 nitrogen and oxygen atoms in total. The maximum Gasteiger partial charge on any atom is 0.305 e. The summed E-state index contributed by atoms with van der Waals surface area (Å²) in [6.45, 7) is 9.22. The van der Waals surface area contributed by atoms with Crippen LogP contribution < -0.4 is 10.4 Å². The summed E-state index contributed by atoms with van der Waals surface area (Å²) in [5.41, 5.74) is 0. The SMILES string of the molecule is COC(=O)C[C@H](C)[C@@H](CO[Si](c1ccccc1)(c1ccccc1)C(C)(C)C)OCSC. The van der Waals surface area contributed by atoms with Gasteiger partial charge in [-0.15, -0.1) is 11.8 Å². The first-order chi connectivity index (χ1) is 14.8. The molecule has 0 N–H and O–H groups in total. The van der Waals surface area contributed by atoms with E-state index in [0.29, 0.717) is 19.0 Å². The fourth-order valence-corrected chi connectivity index (χ4v) is 8.86. The summed E-state index contributed by atoms with van der Waals surface area (Å²) in [5, 5.41) is 2.36. The van der Waals surface area contributed by atoms with Gasteiger partial charge in [-0.05, 0) is 27.6 Å². The number of hydrogen-bond donors (Lipinski definition) is 0. The van der Waals surface area contributed by atoms with Crippen molar-refractivity contribution in [2.24, 2.45) is 5.92 Å². The Hall–Kier alpha value is -1.60. The molecule has 2 aromatic rings. The average Bonchev–Trinajstić information content (AvgIpc) is 2.76. The molecule has 0 unspecified atom stereocenters. The van der Waals surface area contributed by atoms with E-state index in [1.807, 2.05) is 25.3 Å². The predicted octanol–water partition coefficient (Wildman–Crippen LogP) is 4.47. The molecule has 0 radical (unpaired) electrons. The quantitative estimate of drug-likeness (QED) is 0.281. The van der Waals surface area contributed by atoms with E-state index in [-0.39, 0.29) is 23.0 Å². The first-order valence-corrected chi connectivity index (χ1v) is 14.0. The van der Waals surface area contributed by atoms with Crippen molar-refractivity contribution in [2.45, 2.75) is 45.3 Å². The third-order valence-electron chi connectivity index (χ3n) is 5.63. The number of methoxy groups -OCH3 is 1. The molecule has 0 amide bonds. The molecule has 0 saturated carbocycles. The van der Waals surface area contributed by atoms with Gasteiger partial charge >= 0.3 is 5.97 Å². The molecule has 2 aromatic carbocycles. The Labute approximate surface area is 192 Å². The standard InChI is InChI=1S/C25H36O4SSi/c1-20(17-24(26)27-5)23(28-19-30-6)18-29-31(25(2,3)4,21-13-9-7-10-14-21)22-15-11-8-12-16-22/h7-16,20,23H,17-19H2,1-6H3/t20-,23+/m0/s1. The first-order valence-electron chi connectivity index (χ1n) is 10.7. The zero-order chi connectivity index (χ0) is 22.9. The van der Waals surface area contributed by atoms with Gasteiger partial charge in [0.15, 0.2) is 0 Å². The number of carbonyl (C=O) groups is 1. The summed E-state index contributed by atoms with van der Waals surface area (Å²) < 4.78 is 18.0. The fourth-order valence-electron chi connectivity index (χ4n) is 3.98. The molecule has 0 aromatic heterocycles. The lowest BCUT2D eigenvalue weighted by Gasteiger charge is -2.44. The Morgan fingerprint density at radius 2 is 1.52 bits per heavy atom. The molecule has 0 spiro atoms. The van der Waals surface area contributed by atoms with Gasteiger partial charge in [0.1, 0.15) is 0 Å². The highest BCUT2D eigenvalue weighted by atomic mass is 32.2. The number of thioether (sulfide) groups is 1. The van der Waals surface area contributed by atoms with Crippen LogP contribution in [0.2, 0.25) is 5.04 Å². The van der Waals surface area contributed by atoms with Crippen LogP contribution in [0.1, 0.15) is 34.1 Å². The van der Waals surface area contributed by atoms with Gasteiger partial charge in [0.05, 0.1) is 32.2 Å². The smallest absolute Gasteiger partial charge is 0.305 e. The van der Waals surface area contributed by atoms with Crippen LogP contribution in [0.4, 0.5) is 0 Å². The number of benzene rings is 2. The van der Waals surface area contributed by atoms with Gasteiger partial charge in [-0.2, -0.15) is 0 Å². The third kappa shape index (κ3) is 6.45. The van der Waals surface area contributed by atoms with Gasteiger partial charge in [0, 0.05) is 0 Å². The fraction of sp³-hybridized carbons (Fsp3) is 0.480. The summed E-state index contributed by atoms with van der Waals surface area (Å²) in [6.07, 6.45) is 2.11. The highest BCUT2D eigenvalue weighted by Gasteiger charge is 2.50. The van der Waals surface area contributed by atoms with E-state index < -0.39 is 8.32 Å². The summed E-state index contributed by atoms with van der Waals surface area (Å²) in [7, 11) is -1.23. The average molecular weight is 461 g/mol. The van der Waals surface area contributed by atoms with Gasteiger partial charge < -0.3 is 13.9 Å². The minimum absolute atomic E-state index is 0.0159. The second-order valence-electron chi connectivity index (χ2n) is 8.84. The van der Waals surface area contributed by atoms with Crippen LogP contribution in [0.15, 0.2) is 60.7 Å². The maximum atomic E-state index is 11.9. The Morgan fingerprint density at radius 1 is 1.00 bits per heavy atom. The molecule has 0 fully saturated rings. The Morgan fingerprint density at radius 3 is 1.94 bits per heavy atom. The minimum Gasteiger partial charge on any atom is -0.469 e. The molecule has 0 aliphatic carbocycles. The number of rotatable bonds is 11. The number of hydrogen-bond acceptors (Lipinski definition) is 5. The molecule has 6 heteroatoms. The minimum atomic E-state index is -2.65. The molecular weight excluding hydrogens is 424 g/mol. The molecule has 2 rings (SSSR count). The normalized spacial score (nSPS) is 14.1. The molecular formula is C25H36O4SSi. The van der Waals surface area contributed by atoms with Gasteiger partial charge in [-0.25, -0.2) is 0 Å². The maximum absolute atomic E-state index is 11.9. The van der Waals surface area contributed by atoms with Gasteiger partial charge in [-0.1, -0.05) is 88.4 Å². The highest BCUT2D eigenvalue weighted by molar-refractivity contribution is 7.98. The summed E-state index contributed by atoms with van der Waals surface area (Å²) in [6, 6.07) is 21.1. The van der Waals surface area contributed by atoms with E-state index in [1.54, 1.807) is 11.8 Å². The van der Waals surface area contributed by atoms with Crippen LogP contribution >= 0.6 is 11.8 Å². The van der Waals surface area contributed by atoms with Crippen molar-refractivity contribution in [1.82, 2.24) is 0 Å². The van der Waals surface area contributed by atoms with Crippen molar-refractivity contribution in [2.75, 3.05) is 25.9 Å². The van der Waals surface area contributed by atoms with E-state index in [9.17, 15) is 4.79 Å². The van der Waals surface area contributed by atoms with Gasteiger partial charge in [-0.3, -0.25) is 4.79 Å². The number of esters is 1. The van der Waals surface area contributed by atoms with Crippen LogP contribution in [-0.2, 0) is 18.7 Å². The predicted molar refractivity (Wildman–Crippen MR) is 133 cm³/mol. The van der Waals surface area contributed by atoms with Crippen molar-refractivity contribution in [3.8, 4) is 0 Å². The van der Waals surface area contributed by atoms with Crippen LogP contribution in [0.5, 0.6) is 0 Å². The Bertz CT molecular complexity index is 753. The van der Waals surface area contributed by atoms with Crippen LogP contribution in [0.25, 0.3) is 0 Å². The lowest BCUT2D eigenvalue weighted by molar-refractivity contribution is -0.143. The summed E-state index contributed by atoms with van der Waals surface area (Å²) >= 11 is 1.62. The molecule has 31 heavy (non-hydrogen) atoms. The zero-order valence-electron chi connectivity index (χ0n) is 19.6. The second kappa shape index (κ2) is 11.9. The number of carbonyl (C=O) groups excluding carboxylic acids is 1.